The number of anilines is 1. The topological polar surface area (TPSA) is 87.7 Å². The van der Waals surface area contributed by atoms with Crippen molar-refractivity contribution in [1.29, 1.82) is 0 Å². The molecule has 218 valence electrons. The number of piperazine rings is 1. The number of rotatable bonds is 11. The predicted molar refractivity (Wildman–Crippen MR) is 152 cm³/mol. The van der Waals surface area contributed by atoms with E-state index in [2.05, 4.69) is 10.1 Å². The zero-order valence-electron chi connectivity index (χ0n) is 23.8. The zero-order chi connectivity index (χ0) is 29.0. The lowest BCUT2D eigenvalue weighted by atomic mass is 10.0. The SMILES string of the molecule is CCC[C@@H](O)COc1ccc(Cl)c(-c2nc(-c3c(C)noc3C)c(C)c(N3CCN(CC(F)F)[C@@H](CC)C3)n2)c1. The standard InChI is InChI=1S/C29H38ClF2N5O3/c1-6-8-21(38)16-39-22-9-10-24(30)23(13-22)28-33-27(26-18(4)35-40-19(26)5)17(3)29(34-28)37-12-11-36(15-25(31)32)20(7-2)14-37/h9-10,13,20-21,25,38H,6-8,11-12,14-16H2,1-5H3/t20-,21+/m0/s1. The van der Waals surface area contributed by atoms with Crippen molar-refractivity contribution in [2.24, 2.45) is 0 Å². The van der Waals surface area contributed by atoms with Crippen LogP contribution in [0.25, 0.3) is 22.6 Å². The van der Waals surface area contributed by atoms with Crippen molar-refractivity contribution in [3.8, 4) is 28.4 Å². The van der Waals surface area contributed by atoms with Gasteiger partial charge in [0.05, 0.1) is 34.6 Å². The fraction of sp³-hybridized carbons (Fsp3) is 0.552. The van der Waals surface area contributed by atoms with E-state index in [1.807, 2.05) is 39.5 Å². The number of hydrogen-bond donors (Lipinski definition) is 1. The van der Waals surface area contributed by atoms with E-state index in [1.54, 1.807) is 18.2 Å². The molecule has 1 aromatic carbocycles. The Hall–Kier alpha value is -2.82. The molecule has 1 fully saturated rings. The summed E-state index contributed by atoms with van der Waals surface area (Å²) in [4.78, 5) is 13.9. The lowest BCUT2D eigenvalue weighted by molar-refractivity contribution is 0.0586. The van der Waals surface area contributed by atoms with Gasteiger partial charge >= 0.3 is 0 Å². The van der Waals surface area contributed by atoms with Gasteiger partial charge in [0.1, 0.15) is 23.9 Å². The van der Waals surface area contributed by atoms with Crippen LogP contribution in [0.4, 0.5) is 14.6 Å². The highest BCUT2D eigenvalue weighted by molar-refractivity contribution is 6.33. The number of aliphatic hydroxyl groups excluding tert-OH is 1. The average Bonchev–Trinajstić information content (AvgIpc) is 3.26. The second kappa shape index (κ2) is 13.2. The average molecular weight is 578 g/mol. The highest BCUT2D eigenvalue weighted by Gasteiger charge is 2.31. The van der Waals surface area contributed by atoms with Crippen LogP contribution in [0.5, 0.6) is 5.75 Å². The summed E-state index contributed by atoms with van der Waals surface area (Å²) < 4.78 is 37.8. The first-order valence-corrected chi connectivity index (χ1v) is 14.2. The third-order valence-corrected chi connectivity index (χ3v) is 7.71. The minimum atomic E-state index is -2.38. The van der Waals surface area contributed by atoms with Crippen molar-refractivity contribution in [3.63, 3.8) is 0 Å². The van der Waals surface area contributed by atoms with Crippen LogP contribution in [0.1, 0.15) is 50.1 Å². The number of nitrogens with zero attached hydrogens (tertiary/aromatic N) is 5. The number of aromatic nitrogens is 3. The summed E-state index contributed by atoms with van der Waals surface area (Å²) in [7, 11) is 0. The Bertz CT molecular complexity index is 1290. The number of aliphatic hydroxyl groups is 1. The highest BCUT2D eigenvalue weighted by atomic mass is 35.5. The fourth-order valence-electron chi connectivity index (χ4n) is 5.26. The summed E-state index contributed by atoms with van der Waals surface area (Å²) in [6, 6.07) is 5.23. The van der Waals surface area contributed by atoms with E-state index in [-0.39, 0.29) is 19.2 Å². The number of hydrogen-bond acceptors (Lipinski definition) is 8. The lowest BCUT2D eigenvalue weighted by Gasteiger charge is -2.42. The molecule has 0 amide bonds. The quantitative estimate of drug-likeness (QED) is 0.293. The van der Waals surface area contributed by atoms with Gasteiger partial charge in [0.15, 0.2) is 5.82 Å². The van der Waals surface area contributed by atoms with Gasteiger partial charge in [-0.15, -0.1) is 0 Å². The molecule has 1 N–H and O–H groups in total. The van der Waals surface area contributed by atoms with Crippen LogP contribution in [-0.2, 0) is 0 Å². The fourth-order valence-corrected chi connectivity index (χ4v) is 5.46. The maximum atomic E-state index is 13.2. The predicted octanol–water partition coefficient (Wildman–Crippen LogP) is 6.08. The van der Waals surface area contributed by atoms with Crippen molar-refractivity contribution in [1.82, 2.24) is 20.0 Å². The molecule has 0 saturated carbocycles. The van der Waals surface area contributed by atoms with Gasteiger partial charge < -0.3 is 19.3 Å². The molecular weight excluding hydrogens is 540 g/mol. The normalized spacial score (nSPS) is 17.1. The Kier molecular flexibility index (Phi) is 9.97. The van der Waals surface area contributed by atoms with Crippen molar-refractivity contribution < 1.29 is 23.1 Å². The second-order valence-corrected chi connectivity index (χ2v) is 10.7. The minimum Gasteiger partial charge on any atom is -0.491 e. The number of halogens is 3. The maximum Gasteiger partial charge on any atom is 0.251 e. The first-order valence-electron chi connectivity index (χ1n) is 13.8. The second-order valence-electron chi connectivity index (χ2n) is 10.3. The van der Waals surface area contributed by atoms with Crippen LogP contribution in [0.3, 0.4) is 0 Å². The monoisotopic (exact) mass is 577 g/mol. The number of alkyl halides is 2. The summed E-state index contributed by atoms with van der Waals surface area (Å²) in [6.45, 7) is 11.2. The number of aryl methyl sites for hydroxylation is 2. The first-order chi connectivity index (χ1) is 19.1. The third kappa shape index (κ3) is 6.72. The number of ether oxygens (including phenoxy) is 1. The van der Waals surface area contributed by atoms with Crippen LogP contribution < -0.4 is 9.64 Å². The summed E-state index contributed by atoms with van der Waals surface area (Å²) >= 11 is 6.67. The van der Waals surface area contributed by atoms with Gasteiger partial charge in [-0.1, -0.05) is 37.0 Å². The molecule has 0 radical (unpaired) electrons. The molecule has 11 heteroatoms. The summed E-state index contributed by atoms with van der Waals surface area (Å²) in [6.07, 6.45) is -0.691. The molecule has 3 aromatic rings. The smallest absolute Gasteiger partial charge is 0.251 e. The molecule has 8 nitrogen and oxygen atoms in total. The van der Waals surface area contributed by atoms with Crippen LogP contribution in [-0.4, -0.2) is 76.5 Å². The van der Waals surface area contributed by atoms with E-state index >= 15 is 0 Å². The molecule has 2 atom stereocenters. The van der Waals surface area contributed by atoms with Crippen LogP contribution in [0.15, 0.2) is 22.7 Å². The molecule has 0 spiro atoms. The van der Waals surface area contributed by atoms with Crippen LogP contribution >= 0.6 is 11.6 Å². The molecule has 0 bridgehead atoms. The van der Waals surface area contributed by atoms with E-state index in [1.165, 1.54) is 0 Å². The molecule has 0 aliphatic carbocycles. The van der Waals surface area contributed by atoms with Crippen molar-refractivity contribution in [2.45, 2.75) is 72.5 Å². The molecule has 3 heterocycles. The van der Waals surface area contributed by atoms with Crippen LogP contribution in [0, 0.1) is 20.8 Å². The highest BCUT2D eigenvalue weighted by Crippen LogP contribution is 2.37. The minimum absolute atomic E-state index is 0.0297. The maximum absolute atomic E-state index is 13.2. The Morgan fingerprint density at radius 1 is 1.18 bits per heavy atom. The van der Waals surface area contributed by atoms with Gasteiger partial charge in [-0.3, -0.25) is 4.90 Å². The Labute approximate surface area is 239 Å². The van der Waals surface area contributed by atoms with Gasteiger partial charge in [0.2, 0.25) is 0 Å². The molecule has 1 saturated heterocycles. The Balaban J connectivity index is 1.78. The Morgan fingerprint density at radius 3 is 2.60 bits per heavy atom. The molecule has 40 heavy (non-hydrogen) atoms. The van der Waals surface area contributed by atoms with Gasteiger partial charge in [0, 0.05) is 36.8 Å². The lowest BCUT2D eigenvalue weighted by Crippen LogP contribution is -2.54. The van der Waals surface area contributed by atoms with Crippen LogP contribution in [0.2, 0.25) is 5.02 Å². The Morgan fingerprint density at radius 2 is 1.95 bits per heavy atom. The van der Waals surface area contributed by atoms with E-state index < -0.39 is 12.5 Å². The molecule has 0 unspecified atom stereocenters. The summed E-state index contributed by atoms with van der Waals surface area (Å²) in [5, 5.41) is 14.7. The summed E-state index contributed by atoms with van der Waals surface area (Å²) in [5.41, 5.74) is 3.61. The van der Waals surface area contributed by atoms with E-state index in [4.69, 9.17) is 30.8 Å². The molecule has 1 aliphatic rings. The summed E-state index contributed by atoms with van der Waals surface area (Å²) in [5.74, 6) is 2.31. The van der Waals surface area contributed by atoms with Gasteiger partial charge in [-0.25, -0.2) is 18.7 Å². The largest absolute Gasteiger partial charge is 0.491 e. The molecule has 4 rings (SSSR count). The van der Waals surface area contributed by atoms with Gasteiger partial charge in [-0.2, -0.15) is 0 Å². The molecular formula is C29H38ClF2N5O3. The van der Waals surface area contributed by atoms with Gasteiger partial charge in [-0.05, 0) is 51.8 Å². The third-order valence-electron chi connectivity index (χ3n) is 7.38. The first kappa shape index (κ1) is 30.1. The van der Waals surface area contributed by atoms with Crippen molar-refractivity contribution >= 4 is 17.4 Å². The van der Waals surface area contributed by atoms with Gasteiger partial charge in [0.25, 0.3) is 6.43 Å². The van der Waals surface area contributed by atoms with E-state index in [9.17, 15) is 13.9 Å². The van der Waals surface area contributed by atoms with Crippen molar-refractivity contribution in [3.05, 3.63) is 40.2 Å². The van der Waals surface area contributed by atoms with E-state index in [0.717, 1.165) is 29.8 Å². The van der Waals surface area contributed by atoms with Crippen molar-refractivity contribution in [2.75, 3.05) is 37.7 Å². The molecule has 2 aromatic heterocycles. The number of benzene rings is 1. The molecule has 1 aliphatic heterocycles. The van der Waals surface area contributed by atoms with E-state index in [0.29, 0.717) is 65.4 Å². The zero-order valence-corrected chi connectivity index (χ0v) is 24.5.